The highest BCUT2D eigenvalue weighted by molar-refractivity contribution is 8.23. The lowest BCUT2D eigenvalue weighted by Crippen LogP contribution is -2.38. The number of carbonyl (C=O) groups excluding carboxylic acids is 1. The van der Waals surface area contributed by atoms with Gasteiger partial charge in [0.05, 0.1) is 0 Å². The van der Waals surface area contributed by atoms with Crippen LogP contribution in [0.4, 0.5) is 0 Å². The van der Waals surface area contributed by atoms with Crippen LogP contribution in [0.25, 0.3) is 0 Å². The average Bonchev–Trinajstić information content (AvgIpc) is 3.00. The highest BCUT2D eigenvalue weighted by atomic mass is 32.2. The quantitative estimate of drug-likeness (QED) is 0.792. The zero-order valence-corrected chi connectivity index (χ0v) is 13.8. The summed E-state index contributed by atoms with van der Waals surface area (Å²) in [7, 11) is 0. The van der Waals surface area contributed by atoms with Crippen LogP contribution in [0.5, 0.6) is 0 Å². The number of hydrogen-bond donors (Lipinski definition) is 0. The molecule has 1 aliphatic heterocycles. The van der Waals surface area contributed by atoms with Crippen molar-refractivity contribution >= 4 is 34.2 Å². The zero-order valence-electron chi connectivity index (χ0n) is 12.2. The van der Waals surface area contributed by atoms with E-state index in [1.165, 1.54) is 22.7 Å². The molecule has 0 atom stereocenters. The van der Waals surface area contributed by atoms with E-state index in [0.29, 0.717) is 10.9 Å². The Bertz CT molecular complexity index is 789. The molecule has 3 rings (SSSR count). The van der Waals surface area contributed by atoms with Crippen LogP contribution in [0.2, 0.25) is 0 Å². The summed E-state index contributed by atoms with van der Waals surface area (Å²) in [4.78, 5) is 31.8. The Hall–Kier alpha value is -2.12. The fourth-order valence-corrected chi connectivity index (χ4v) is 3.40. The lowest BCUT2D eigenvalue weighted by molar-refractivity contribution is 0.0655. The van der Waals surface area contributed by atoms with E-state index in [1.54, 1.807) is 12.1 Å². The van der Waals surface area contributed by atoms with Crippen LogP contribution < -0.4 is 10.4 Å². The van der Waals surface area contributed by atoms with Gasteiger partial charge in [-0.05, 0) is 11.6 Å². The first-order chi connectivity index (χ1) is 11.2. The predicted octanol–water partition coefficient (Wildman–Crippen LogP) is 1.95. The van der Waals surface area contributed by atoms with Gasteiger partial charge in [-0.1, -0.05) is 60.4 Å². The van der Waals surface area contributed by atoms with Gasteiger partial charge >= 0.3 is 0 Å². The Kier molecular flexibility index (Phi) is 4.78. The molecule has 2 heterocycles. The van der Waals surface area contributed by atoms with E-state index in [1.807, 2.05) is 30.3 Å². The number of hydrogen-bond acceptors (Lipinski definition) is 5. The van der Waals surface area contributed by atoms with Gasteiger partial charge in [0.15, 0.2) is 0 Å². The molecule has 23 heavy (non-hydrogen) atoms. The van der Waals surface area contributed by atoms with Crippen molar-refractivity contribution in [2.24, 2.45) is 0 Å². The molecule has 0 spiro atoms. The summed E-state index contributed by atoms with van der Waals surface area (Å²) < 4.78 is 1.57. The monoisotopic (exact) mass is 346 g/mol. The van der Waals surface area contributed by atoms with Crippen molar-refractivity contribution in [2.45, 2.75) is 6.61 Å². The van der Waals surface area contributed by atoms with Gasteiger partial charge in [-0.15, -0.1) is 4.73 Å². The Morgan fingerprint density at radius 2 is 1.96 bits per heavy atom. The first kappa shape index (κ1) is 15.8. The largest absolute Gasteiger partial charge is 0.405 e. The van der Waals surface area contributed by atoms with Gasteiger partial charge in [-0.25, -0.2) is 0 Å². The van der Waals surface area contributed by atoms with Gasteiger partial charge in [0.2, 0.25) is 0 Å². The maximum Gasteiger partial charge on any atom is 0.283 e. The second-order valence-electron chi connectivity index (χ2n) is 4.87. The van der Waals surface area contributed by atoms with Crippen LogP contribution in [-0.4, -0.2) is 32.2 Å². The maximum atomic E-state index is 12.6. The lowest BCUT2D eigenvalue weighted by atomic mass is 10.2. The fourth-order valence-electron chi connectivity index (χ4n) is 2.20. The van der Waals surface area contributed by atoms with Crippen LogP contribution in [0.3, 0.4) is 0 Å². The second-order valence-corrected chi connectivity index (χ2v) is 6.60. The van der Waals surface area contributed by atoms with Crippen molar-refractivity contribution in [2.75, 3.05) is 12.3 Å². The lowest BCUT2D eigenvalue weighted by Gasteiger charge is -2.18. The summed E-state index contributed by atoms with van der Waals surface area (Å²) in [5.74, 6) is 0.456. The first-order valence-electron chi connectivity index (χ1n) is 7.05. The van der Waals surface area contributed by atoms with Crippen LogP contribution in [-0.2, 0) is 6.61 Å². The molecular formula is C16H14N2O3S2. The average molecular weight is 346 g/mol. The van der Waals surface area contributed by atoms with E-state index >= 15 is 0 Å². The molecule has 2 aromatic rings. The predicted molar refractivity (Wildman–Crippen MR) is 93.5 cm³/mol. The molecule has 1 saturated heterocycles. The Morgan fingerprint density at radius 3 is 2.65 bits per heavy atom. The third-order valence-electron chi connectivity index (χ3n) is 3.34. The topological polar surface area (TPSA) is 51.5 Å². The number of rotatable bonds is 4. The van der Waals surface area contributed by atoms with Crippen LogP contribution in [0.1, 0.15) is 16.1 Å². The zero-order chi connectivity index (χ0) is 16.2. The van der Waals surface area contributed by atoms with E-state index in [4.69, 9.17) is 17.1 Å². The number of thiocarbonyl (C=S) groups is 1. The van der Waals surface area contributed by atoms with Crippen molar-refractivity contribution in [3.8, 4) is 0 Å². The number of carbonyl (C=O) groups is 1. The van der Waals surface area contributed by atoms with Gasteiger partial charge in [0.25, 0.3) is 11.5 Å². The van der Waals surface area contributed by atoms with Gasteiger partial charge in [0, 0.05) is 18.4 Å². The van der Waals surface area contributed by atoms with Gasteiger partial charge in [-0.2, -0.15) is 0 Å². The number of thioether (sulfide) groups is 1. The van der Waals surface area contributed by atoms with Gasteiger partial charge in [-0.3, -0.25) is 14.5 Å². The molecule has 1 aliphatic rings. The number of aromatic nitrogens is 1. The smallest absolute Gasteiger partial charge is 0.283 e. The van der Waals surface area contributed by atoms with E-state index in [0.717, 1.165) is 16.0 Å². The molecule has 1 amide bonds. The molecular weight excluding hydrogens is 332 g/mol. The van der Waals surface area contributed by atoms with Gasteiger partial charge < -0.3 is 4.84 Å². The summed E-state index contributed by atoms with van der Waals surface area (Å²) in [5.41, 5.74) is 0.705. The molecule has 0 unspecified atom stereocenters. The summed E-state index contributed by atoms with van der Waals surface area (Å²) in [6.07, 6.45) is 0. The van der Waals surface area contributed by atoms with Crippen molar-refractivity contribution in [1.29, 1.82) is 0 Å². The van der Waals surface area contributed by atoms with Crippen LogP contribution in [0.15, 0.2) is 53.3 Å². The molecule has 1 aromatic carbocycles. The summed E-state index contributed by atoms with van der Waals surface area (Å²) in [6.45, 7) is 0.744. The SMILES string of the molecule is O=C(c1cccc(=O)n1OCc1ccccc1)N1CCSC1=S. The molecule has 5 nitrogen and oxygen atoms in total. The Morgan fingerprint density at radius 1 is 1.17 bits per heavy atom. The normalized spacial score (nSPS) is 14.1. The molecule has 0 aliphatic carbocycles. The minimum Gasteiger partial charge on any atom is -0.405 e. The van der Waals surface area contributed by atoms with Crippen LogP contribution in [0, 0.1) is 0 Å². The molecule has 1 aromatic heterocycles. The van der Waals surface area contributed by atoms with Crippen molar-refractivity contribution < 1.29 is 9.63 Å². The molecule has 7 heteroatoms. The summed E-state index contributed by atoms with van der Waals surface area (Å²) in [5, 5.41) is 0. The van der Waals surface area contributed by atoms with E-state index in [-0.39, 0.29) is 23.8 Å². The number of amides is 1. The third kappa shape index (κ3) is 3.46. The van der Waals surface area contributed by atoms with Crippen molar-refractivity contribution in [1.82, 2.24) is 9.63 Å². The fraction of sp³-hybridized carbons (Fsp3) is 0.188. The number of nitrogens with zero attached hydrogens (tertiary/aromatic N) is 2. The second kappa shape index (κ2) is 6.97. The summed E-state index contributed by atoms with van der Waals surface area (Å²) >= 11 is 6.63. The minimum atomic E-state index is -0.385. The van der Waals surface area contributed by atoms with Crippen LogP contribution >= 0.6 is 24.0 Å². The van der Waals surface area contributed by atoms with E-state index in [2.05, 4.69) is 0 Å². The van der Waals surface area contributed by atoms with Crippen molar-refractivity contribution in [3.63, 3.8) is 0 Å². The molecule has 1 fully saturated rings. The maximum absolute atomic E-state index is 12.6. The molecule has 0 radical (unpaired) electrons. The molecule has 0 saturated carbocycles. The first-order valence-corrected chi connectivity index (χ1v) is 8.44. The molecule has 0 N–H and O–H groups in total. The number of benzene rings is 1. The third-order valence-corrected chi connectivity index (χ3v) is 4.77. The van der Waals surface area contributed by atoms with E-state index < -0.39 is 0 Å². The number of pyridine rings is 1. The standard InChI is InChI=1S/C16H14N2O3S2/c19-14-8-4-7-13(15(20)17-9-10-23-16(17)22)18(14)21-11-12-5-2-1-3-6-12/h1-8H,9-11H2. The highest BCUT2D eigenvalue weighted by Gasteiger charge is 2.27. The van der Waals surface area contributed by atoms with E-state index in [9.17, 15) is 9.59 Å². The van der Waals surface area contributed by atoms with Gasteiger partial charge in [0.1, 0.15) is 16.6 Å². The minimum absolute atomic E-state index is 0.179. The Balaban J connectivity index is 1.86. The highest BCUT2D eigenvalue weighted by Crippen LogP contribution is 2.20. The summed E-state index contributed by atoms with van der Waals surface area (Å²) in [6, 6.07) is 13.9. The van der Waals surface area contributed by atoms with Crippen molar-refractivity contribution in [3.05, 3.63) is 70.1 Å². The molecule has 0 bridgehead atoms. The Labute approximate surface area is 142 Å². The molecule has 118 valence electrons.